The van der Waals surface area contributed by atoms with Gasteiger partial charge in [-0.15, -0.1) is 11.3 Å². The molecule has 5 aromatic rings. The molecule has 5 rings (SSSR count). The highest BCUT2D eigenvalue weighted by Crippen LogP contribution is 2.23. The summed E-state index contributed by atoms with van der Waals surface area (Å²) in [5.41, 5.74) is 4.99. The molecule has 0 bridgehead atoms. The van der Waals surface area contributed by atoms with Crippen LogP contribution in [0.4, 0.5) is 5.69 Å². The zero-order chi connectivity index (χ0) is 19.6. The van der Waals surface area contributed by atoms with E-state index in [1.807, 2.05) is 70.9 Å². The van der Waals surface area contributed by atoms with Crippen LogP contribution < -0.4 is 4.80 Å². The Morgan fingerprint density at radius 1 is 1.00 bits per heavy atom. The highest BCUT2D eigenvalue weighted by molar-refractivity contribution is 7.07. The van der Waals surface area contributed by atoms with Crippen LogP contribution in [0.1, 0.15) is 11.3 Å². The monoisotopic (exact) mass is 398 g/mol. The summed E-state index contributed by atoms with van der Waals surface area (Å²) in [4.78, 5) is 8.96. The van der Waals surface area contributed by atoms with E-state index in [-0.39, 0.29) is 0 Å². The first-order valence-electron chi connectivity index (χ1n) is 9.25. The summed E-state index contributed by atoms with van der Waals surface area (Å²) in [6, 6.07) is 21.9. The van der Waals surface area contributed by atoms with Gasteiger partial charge >= 0.3 is 0 Å². The number of hydrogen-bond acceptors (Lipinski definition) is 4. The summed E-state index contributed by atoms with van der Waals surface area (Å²) >= 11 is 1.53. The van der Waals surface area contributed by atoms with Crippen molar-refractivity contribution in [3.63, 3.8) is 0 Å². The first-order chi connectivity index (χ1) is 14.3. The Morgan fingerprint density at radius 2 is 1.83 bits per heavy atom. The van der Waals surface area contributed by atoms with Gasteiger partial charge in [0, 0.05) is 27.5 Å². The minimum atomic E-state index is 0.753. The molecular formula is C23H18N4OS. The molecule has 6 heteroatoms. The van der Waals surface area contributed by atoms with Gasteiger partial charge in [-0.2, -0.15) is 5.10 Å². The molecule has 3 aromatic heterocycles. The third kappa shape index (κ3) is 3.34. The molecule has 2 aromatic carbocycles. The number of H-pyrrole nitrogens is 1. The van der Waals surface area contributed by atoms with Gasteiger partial charge in [0.25, 0.3) is 0 Å². The maximum Gasteiger partial charge on any atom is 0.211 e. The molecule has 0 aliphatic heterocycles. The third-order valence-electron chi connectivity index (χ3n) is 4.69. The van der Waals surface area contributed by atoms with E-state index in [1.54, 1.807) is 6.26 Å². The summed E-state index contributed by atoms with van der Waals surface area (Å²) in [5, 5.41) is 7.96. The van der Waals surface area contributed by atoms with Crippen LogP contribution in [0.15, 0.2) is 92.9 Å². The summed E-state index contributed by atoms with van der Waals surface area (Å²) in [6.07, 6.45) is 3.55. The van der Waals surface area contributed by atoms with E-state index in [1.165, 1.54) is 11.3 Å². The summed E-state index contributed by atoms with van der Waals surface area (Å²) in [7, 11) is 0. The number of fused-ring (bicyclic) bond motifs is 1. The molecule has 0 saturated carbocycles. The second-order valence-corrected chi connectivity index (χ2v) is 7.43. The predicted octanol–water partition coefficient (Wildman–Crippen LogP) is 5.71. The molecule has 0 atom stereocenters. The molecule has 5 nitrogen and oxygen atoms in total. The first kappa shape index (κ1) is 17.5. The van der Waals surface area contributed by atoms with Gasteiger partial charge in [0.05, 0.1) is 18.2 Å². The number of nitrogens with one attached hydrogen (secondary N) is 1. The van der Waals surface area contributed by atoms with Gasteiger partial charge in [-0.1, -0.05) is 36.4 Å². The Morgan fingerprint density at radius 3 is 2.66 bits per heavy atom. The Labute approximate surface area is 171 Å². The maximum absolute atomic E-state index is 5.62. The largest absolute Gasteiger partial charge is 0.463 e. The molecule has 3 heterocycles. The number of nitrogens with zero attached hydrogens (tertiary/aromatic N) is 3. The van der Waals surface area contributed by atoms with E-state index in [0.717, 1.165) is 44.1 Å². The zero-order valence-corrected chi connectivity index (χ0v) is 16.6. The second-order valence-electron chi connectivity index (χ2n) is 6.59. The molecule has 0 amide bonds. The van der Waals surface area contributed by atoms with Crippen molar-refractivity contribution >= 4 is 34.1 Å². The number of hydrogen-bond donors (Lipinski definition) is 1. The molecule has 29 heavy (non-hydrogen) atoms. The van der Waals surface area contributed by atoms with E-state index in [9.17, 15) is 0 Å². The lowest BCUT2D eigenvalue weighted by atomic mass is 10.1. The average molecular weight is 398 g/mol. The number of aromatic nitrogens is 2. The molecule has 0 saturated heterocycles. The SMILES string of the molecule is Cc1[nH]c2ccccc2c1C=Nn1c(-c2ccco2)csc1=Nc1ccccc1. The van der Waals surface area contributed by atoms with Gasteiger partial charge in [0.15, 0.2) is 5.76 Å². The summed E-state index contributed by atoms with van der Waals surface area (Å²) in [5.74, 6) is 0.753. The van der Waals surface area contributed by atoms with Gasteiger partial charge in [0.1, 0.15) is 5.69 Å². The van der Waals surface area contributed by atoms with Crippen LogP contribution in [0.2, 0.25) is 0 Å². The van der Waals surface area contributed by atoms with Gasteiger partial charge in [-0.3, -0.25) is 0 Å². The highest BCUT2D eigenvalue weighted by atomic mass is 32.1. The van der Waals surface area contributed by atoms with E-state index in [4.69, 9.17) is 14.5 Å². The zero-order valence-electron chi connectivity index (χ0n) is 15.7. The third-order valence-corrected chi connectivity index (χ3v) is 5.50. The van der Waals surface area contributed by atoms with Crippen LogP contribution >= 0.6 is 11.3 Å². The molecular weight excluding hydrogens is 380 g/mol. The second kappa shape index (κ2) is 7.41. The molecule has 0 fully saturated rings. The number of rotatable bonds is 4. The van der Waals surface area contributed by atoms with Gasteiger partial charge < -0.3 is 9.40 Å². The fourth-order valence-corrected chi connectivity index (χ4v) is 4.11. The van der Waals surface area contributed by atoms with Gasteiger partial charge in [0.2, 0.25) is 4.80 Å². The molecule has 0 aliphatic rings. The lowest BCUT2D eigenvalue weighted by Gasteiger charge is -2.01. The predicted molar refractivity (Wildman–Crippen MR) is 118 cm³/mol. The van der Waals surface area contributed by atoms with Gasteiger partial charge in [-0.25, -0.2) is 9.67 Å². The minimum Gasteiger partial charge on any atom is -0.463 e. The molecule has 0 spiro atoms. The summed E-state index contributed by atoms with van der Waals surface area (Å²) < 4.78 is 7.45. The fraction of sp³-hybridized carbons (Fsp3) is 0.0435. The van der Waals surface area contributed by atoms with Crippen molar-refractivity contribution in [2.75, 3.05) is 0 Å². The van der Waals surface area contributed by atoms with E-state index >= 15 is 0 Å². The maximum atomic E-state index is 5.62. The van der Waals surface area contributed by atoms with Crippen molar-refractivity contribution in [3.05, 3.63) is 94.4 Å². The van der Waals surface area contributed by atoms with Crippen molar-refractivity contribution in [2.45, 2.75) is 6.92 Å². The lowest BCUT2D eigenvalue weighted by molar-refractivity contribution is 0.575. The van der Waals surface area contributed by atoms with Crippen LogP contribution in [0.25, 0.3) is 22.4 Å². The number of para-hydroxylation sites is 2. The van der Waals surface area contributed by atoms with Crippen LogP contribution in [0.3, 0.4) is 0 Å². The number of aromatic amines is 1. The van der Waals surface area contributed by atoms with Crippen LogP contribution in [0.5, 0.6) is 0 Å². The van der Waals surface area contributed by atoms with Gasteiger partial charge in [-0.05, 0) is 37.3 Å². The normalized spacial score (nSPS) is 12.4. The minimum absolute atomic E-state index is 0.753. The summed E-state index contributed by atoms with van der Waals surface area (Å²) in [6.45, 7) is 2.06. The van der Waals surface area contributed by atoms with Crippen molar-refractivity contribution in [1.29, 1.82) is 0 Å². The van der Waals surface area contributed by atoms with E-state index in [2.05, 4.69) is 24.0 Å². The Balaban J connectivity index is 1.67. The van der Waals surface area contributed by atoms with Crippen LogP contribution in [0, 0.1) is 6.92 Å². The van der Waals surface area contributed by atoms with Crippen molar-refractivity contribution in [3.8, 4) is 11.5 Å². The number of benzene rings is 2. The Hall–Kier alpha value is -3.64. The standard InChI is InChI=1S/C23H18N4OS/c1-16-19(18-10-5-6-11-20(18)25-16)14-24-27-21(22-12-7-13-28-22)15-29-23(27)26-17-8-3-2-4-9-17/h2-15,25H,1H3. The van der Waals surface area contributed by atoms with E-state index in [0.29, 0.717) is 0 Å². The van der Waals surface area contributed by atoms with Crippen molar-refractivity contribution < 1.29 is 4.42 Å². The lowest BCUT2D eigenvalue weighted by Crippen LogP contribution is -2.11. The Kier molecular flexibility index (Phi) is 4.46. The molecule has 142 valence electrons. The number of aryl methyl sites for hydroxylation is 1. The van der Waals surface area contributed by atoms with Crippen LogP contribution in [-0.2, 0) is 0 Å². The average Bonchev–Trinajstić information content (AvgIpc) is 3.46. The smallest absolute Gasteiger partial charge is 0.211 e. The topological polar surface area (TPSA) is 58.6 Å². The molecule has 0 unspecified atom stereocenters. The number of thiazole rings is 1. The highest BCUT2D eigenvalue weighted by Gasteiger charge is 2.11. The Bertz CT molecular complexity index is 1360. The first-order valence-corrected chi connectivity index (χ1v) is 10.1. The molecule has 0 aliphatic carbocycles. The van der Waals surface area contributed by atoms with E-state index < -0.39 is 0 Å². The quantitative estimate of drug-likeness (QED) is 0.387. The number of furan rings is 1. The van der Waals surface area contributed by atoms with Crippen molar-refractivity contribution in [1.82, 2.24) is 9.66 Å². The van der Waals surface area contributed by atoms with Crippen LogP contribution in [-0.4, -0.2) is 15.9 Å². The van der Waals surface area contributed by atoms with Crippen molar-refractivity contribution in [2.24, 2.45) is 10.1 Å². The molecule has 0 radical (unpaired) electrons. The fourth-order valence-electron chi connectivity index (χ4n) is 3.28. The molecule has 1 N–H and O–H groups in total.